The quantitative estimate of drug-likeness (QED) is 0.0201. The maximum absolute atomic E-state index is 12.7. The predicted octanol–water partition coefficient (Wildman–Crippen LogP) is 15.2. The van der Waals surface area contributed by atoms with Gasteiger partial charge in [-0.2, -0.15) is 0 Å². The van der Waals surface area contributed by atoms with E-state index in [-0.39, 0.29) is 31.6 Å². The van der Waals surface area contributed by atoms with E-state index in [2.05, 4.69) is 51.2 Å². The highest BCUT2D eigenvalue weighted by Crippen LogP contribution is 2.12. The number of hydrogen-bond acceptors (Lipinski definition) is 6. The first-order chi connectivity index (χ1) is 29.0. The Morgan fingerprint density at radius 3 is 1.25 bits per heavy atom. The van der Waals surface area contributed by atoms with E-state index in [1.807, 2.05) is 79.0 Å². The number of rotatable bonds is 40. The molecule has 0 aliphatic carbocycles. The zero-order chi connectivity index (χ0) is 43.0. The van der Waals surface area contributed by atoms with Gasteiger partial charge in [0.25, 0.3) is 0 Å². The third-order valence-electron chi connectivity index (χ3n) is 9.47. The average Bonchev–Trinajstić information content (AvgIpc) is 3.23. The molecule has 0 aromatic rings. The van der Waals surface area contributed by atoms with E-state index in [1.165, 1.54) is 77.0 Å². The van der Waals surface area contributed by atoms with Gasteiger partial charge < -0.3 is 14.2 Å². The molecule has 0 aromatic heterocycles. The molecule has 0 heterocycles. The van der Waals surface area contributed by atoms with Crippen LogP contribution in [0, 0.1) is 0 Å². The lowest BCUT2D eigenvalue weighted by molar-refractivity contribution is -0.166. The molecular formula is C53H84O6. The number of carbonyl (C=O) groups excluding carboxylic acids is 3. The van der Waals surface area contributed by atoms with Gasteiger partial charge in [0, 0.05) is 19.3 Å². The average molecular weight is 817 g/mol. The minimum Gasteiger partial charge on any atom is -0.462 e. The van der Waals surface area contributed by atoms with E-state index in [0.29, 0.717) is 19.3 Å². The zero-order valence-electron chi connectivity index (χ0n) is 37.7. The molecule has 0 aromatic carbocycles. The Hall–Kier alpha value is -3.93. The molecule has 0 aliphatic heterocycles. The Morgan fingerprint density at radius 2 is 0.763 bits per heavy atom. The van der Waals surface area contributed by atoms with Crippen molar-refractivity contribution in [1.82, 2.24) is 0 Å². The van der Waals surface area contributed by atoms with Crippen molar-refractivity contribution in [2.75, 3.05) is 13.2 Å². The smallest absolute Gasteiger partial charge is 0.306 e. The molecule has 0 rings (SSSR count). The summed E-state index contributed by atoms with van der Waals surface area (Å²) in [5.74, 6) is -1.05. The Morgan fingerprint density at radius 1 is 0.373 bits per heavy atom. The van der Waals surface area contributed by atoms with Crippen LogP contribution in [0.3, 0.4) is 0 Å². The molecule has 1 unspecified atom stereocenters. The summed E-state index contributed by atoms with van der Waals surface area (Å²) in [7, 11) is 0. The van der Waals surface area contributed by atoms with Crippen LogP contribution < -0.4 is 0 Å². The van der Waals surface area contributed by atoms with Gasteiger partial charge in [0.05, 0.1) is 0 Å². The molecule has 0 fully saturated rings. The summed E-state index contributed by atoms with van der Waals surface area (Å²) in [5, 5.41) is 0. The van der Waals surface area contributed by atoms with Gasteiger partial charge in [-0.15, -0.1) is 0 Å². The maximum Gasteiger partial charge on any atom is 0.306 e. The van der Waals surface area contributed by atoms with Crippen molar-refractivity contribution in [1.29, 1.82) is 0 Å². The lowest BCUT2D eigenvalue weighted by Gasteiger charge is -2.18. The third-order valence-corrected chi connectivity index (χ3v) is 9.47. The molecule has 0 spiro atoms. The number of hydrogen-bond donors (Lipinski definition) is 0. The van der Waals surface area contributed by atoms with E-state index in [1.54, 1.807) is 0 Å². The van der Waals surface area contributed by atoms with Crippen LogP contribution in [0.1, 0.15) is 188 Å². The van der Waals surface area contributed by atoms with Gasteiger partial charge in [0.15, 0.2) is 6.10 Å². The third kappa shape index (κ3) is 45.0. The predicted molar refractivity (Wildman–Crippen MR) is 251 cm³/mol. The lowest BCUT2D eigenvalue weighted by Crippen LogP contribution is -2.30. The Balaban J connectivity index is 4.54. The molecule has 0 saturated heterocycles. The van der Waals surface area contributed by atoms with E-state index in [0.717, 1.165) is 64.2 Å². The molecule has 6 nitrogen and oxygen atoms in total. The van der Waals surface area contributed by atoms with Crippen molar-refractivity contribution < 1.29 is 28.6 Å². The fourth-order valence-corrected chi connectivity index (χ4v) is 5.95. The standard InChI is InChI=1S/C53H84O6/c1-4-7-10-13-16-19-21-23-24-25-26-27-28-30-31-34-37-40-43-46-52(55)58-49-50(48-57-51(54)45-42-39-36-33-18-15-12-9-6-3)59-53(56)47-44-41-38-35-32-29-22-20-17-14-11-8-5-2/h7,10,13,16,19,21,23-32,38,41,50H,4-6,8-9,11-12,14-15,17-18,20,22,33-37,39-40,42-49H2,1-3H3/b10-7-,16-13-,21-19-,24-23-,26-25+,28-27-,31-30-,32-29-,41-38-. The summed E-state index contributed by atoms with van der Waals surface area (Å²) < 4.78 is 16.6. The van der Waals surface area contributed by atoms with Gasteiger partial charge in [0.1, 0.15) is 13.2 Å². The highest BCUT2D eigenvalue weighted by molar-refractivity contribution is 5.71. The van der Waals surface area contributed by atoms with Crippen LogP contribution in [0.2, 0.25) is 0 Å². The van der Waals surface area contributed by atoms with Crippen LogP contribution >= 0.6 is 0 Å². The number of allylic oxidation sites excluding steroid dienone is 18. The second-order valence-corrected chi connectivity index (χ2v) is 15.1. The van der Waals surface area contributed by atoms with Crippen molar-refractivity contribution in [2.45, 2.75) is 194 Å². The first-order valence-corrected chi connectivity index (χ1v) is 23.5. The second-order valence-electron chi connectivity index (χ2n) is 15.1. The minimum absolute atomic E-state index is 0.117. The van der Waals surface area contributed by atoms with Crippen molar-refractivity contribution in [3.63, 3.8) is 0 Å². The molecule has 0 N–H and O–H groups in total. The SMILES string of the molecule is CC\C=C/C=C\C=C/C=C\C=C\C=C/C=C\CCCCCC(=O)OCC(COC(=O)CCCCCCCCCCC)OC(=O)CC/C=C\C/C=C\CCCCCCCC. The lowest BCUT2D eigenvalue weighted by atomic mass is 10.1. The van der Waals surface area contributed by atoms with E-state index in [9.17, 15) is 14.4 Å². The van der Waals surface area contributed by atoms with Gasteiger partial charge >= 0.3 is 17.9 Å². The van der Waals surface area contributed by atoms with Gasteiger partial charge in [-0.25, -0.2) is 0 Å². The maximum atomic E-state index is 12.7. The molecule has 59 heavy (non-hydrogen) atoms. The number of ether oxygens (including phenoxy) is 3. The summed E-state index contributed by atoms with van der Waals surface area (Å²) in [6.45, 7) is 6.34. The summed E-state index contributed by atoms with van der Waals surface area (Å²) in [6, 6.07) is 0. The van der Waals surface area contributed by atoms with Crippen LogP contribution in [0.4, 0.5) is 0 Å². The van der Waals surface area contributed by atoms with Gasteiger partial charge in [0.2, 0.25) is 0 Å². The minimum atomic E-state index is -0.825. The van der Waals surface area contributed by atoms with Crippen LogP contribution in [0.5, 0.6) is 0 Å². The molecule has 0 aliphatic rings. The zero-order valence-corrected chi connectivity index (χ0v) is 37.7. The summed E-state index contributed by atoms with van der Waals surface area (Å²) in [5.41, 5.74) is 0. The molecular weight excluding hydrogens is 733 g/mol. The Labute approximate surface area is 361 Å². The Bertz CT molecular complexity index is 1260. The van der Waals surface area contributed by atoms with Crippen molar-refractivity contribution in [3.8, 4) is 0 Å². The van der Waals surface area contributed by atoms with Crippen LogP contribution in [0.25, 0.3) is 0 Å². The molecule has 1 atom stereocenters. The van der Waals surface area contributed by atoms with Gasteiger partial charge in [-0.3, -0.25) is 14.4 Å². The van der Waals surface area contributed by atoms with E-state index in [4.69, 9.17) is 14.2 Å². The molecule has 332 valence electrons. The molecule has 0 saturated carbocycles. The van der Waals surface area contributed by atoms with E-state index < -0.39 is 12.1 Å². The van der Waals surface area contributed by atoms with Crippen molar-refractivity contribution in [2.24, 2.45) is 0 Å². The summed E-state index contributed by atoms with van der Waals surface area (Å²) in [4.78, 5) is 37.7. The Kier molecular flexibility index (Phi) is 43.6. The van der Waals surface area contributed by atoms with Gasteiger partial charge in [-0.05, 0) is 57.8 Å². The molecule has 6 heteroatoms. The van der Waals surface area contributed by atoms with Gasteiger partial charge in [-0.1, -0.05) is 220 Å². The number of esters is 3. The molecule has 0 bridgehead atoms. The largest absolute Gasteiger partial charge is 0.462 e. The topological polar surface area (TPSA) is 78.9 Å². The van der Waals surface area contributed by atoms with Crippen LogP contribution in [-0.2, 0) is 28.6 Å². The van der Waals surface area contributed by atoms with Crippen LogP contribution in [0.15, 0.2) is 109 Å². The number of unbranched alkanes of at least 4 members (excludes halogenated alkanes) is 17. The fraction of sp³-hybridized carbons (Fsp3) is 0.604. The van der Waals surface area contributed by atoms with Crippen molar-refractivity contribution >= 4 is 17.9 Å². The van der Waals surface area contributed by atoms with Crippen molar-refractivity contribution in [3.05, 3.63) is 109 Å². The normalized spacial score (nSPS) is 13.1. The number of carbonyl (C=O) groups is 3. The first-order valence-electron chi connectivity index (χ1n) is 23.5. The highest BCUT2D eigenvalue weighted by Gasteiger charge is 2.19. The summed E-state index contributed by atoms with van der Waals surface area (Å²) >= 11 is 0. The molecule has 0 radical (unpaired) electrons. The van der Waals surface area contributed by atoms with Crippen LogP contribution in [-0.4, -0.2) is 37.2 Å². The van der Waals surface area contributed by atoms with E-state index >= 15 is 0 Å². The summed E-state index contributed by atoms with van der Waals surface area (Å²) in [6.07, 6.45) is 62.2. The fourth-order valence-electron chi connectivity index (χ4n) is 5.95. The monoisotopic (exact) mass is 817 g/mol. The molecule has 0 amide bonds. The highest BCUT2D eigenvalue weighted by atomic mass is 16.6. The second kappa shape index (κ2) is 46.8. The first kappa shape index (κ1) is 55.1.